The van der Waals surface area contributed by atoms with E-state index >= 15 is 0 Å². The molecule has 1 aromatic carbocycles. The zero-order valence-electron chi connectivity index (χ0n) is 17.0. The number of allylic oxidation sites excluding steroid dienone is 4. The predicted molar refractivity (Wildman–Crippen MR) is 113 cm³/mol. The van der Waals surface area contributed by atoms with Gasteiger partial charge in [-0.15, -0.1) is 0 Å². The van der Waals surface area contributed by atoms with E-state index in [1.54, 1.807) is 6.92 Å². The molecule has 1 aliphatic rings. The molecule has 2 rings (SSSR count). The molecular formula is C22H29ClF2N2. The lowest BCUT2D eigenvalue weighted by molar-refractivity contribution is 0.508. The fourth-order valence-electron chi connectivity index (χ4n) is 2.08. The summed E-state index contributed by atoms with van der Waals surface area (Å²) in [5, 5.41) is 0.323. The number of halogens is 3. The summed E-state index contributed by atoms with van der Waals surface area (Å²) in [6, 6.07) is 2.23. The number of benzene rings is 1. The Morgan fingerprint density at radius 1 is 1.19 bits per heavy atom. The van der Waals surface area contributed by atoms with Gasteiger partial charge in [-0.3, -0.25) is 4.99 Å². The van der Waals surface area contributed by atoms with E-state index in [0.29, 0.717) is 34.1 Å². The van der Waals surface area contributed by atoms with Gasteiger partial charge in [0.25, 0.3) is 0 Å². The lowest BCUT2D eigenvalue weighted by Gasteiger charge is -2.10. The first-order valence-corrected chi connectivity index (χ1v) is 9.68. The van der Waals surface area contributed by atoms with E-state index in [-0.39, 0.29) is 0 Å². The summed E-state index contributed by atoms with van der Waals surface area (Å²) in [7, 11) is 0. The van der Waals surface area contributed by atoms with Gasteiger partial charge in [0.15, 0.2) is 11.6 Å². The first-order chi connectivity index (χ1) is 12.7. The summed E-state index contributed by atoms with van der Waals surface area (Å²) in [5.74, 6) is -0.717. The maximum Gasteiger partial charge on any atom is 0.160 e. The van der Waals surface area contributed by atoms with Crippen LogP contribution < -0.4 is 0 Å². The Hall–Kier alpha value is -1.81. The summed E-state index contributed by atoms with van der Waals surface area (Å²) >= 11 is 6.28. The lowest BCUT2D eigenvalue weighted by Crippen LogP contribution is -2.08. The van der Waals surface area contributed by atoms with Gasteiger partial charge in [-0.25, -0.2) is 13.8 Å². The average Bonchev–Trinajstić information content (AvgIpc) is 3.41. The molecule has 1 aromatic rings. The summed E-state index contributed by atoms with van der Waals surface area (Å²) in [4.78, 5) is 8.75. The molecule has 0 amide bonds. The highest BCUT2D eigenvalue weighted by atomic mass is 35.5. The van der Waals surface area contributed by atoms with Crippen molar-refractivity contribution in [2.24, 2.45) is 15.9 Å². The molecule has 148 valence electrons. The molecule has 27 heavy (non-hydrogen) atoms. The minimum absolute atomic E-state index is 0.323. The van der Waals surface area contributed by atoms with Gasteiger partial charge in [0.2, 0.25) is 0 Å². The molecule has 0 atom stereocenters. The zero-order valence-corrected chi connectivity index (χ0v) is 17.8. The maximum absolute atomic E-state index is 13.5. The molecule has 0 bridgehead atoms. The van der Waals surface area contributed by atoms with E-state index in [4.69, 9.17) is 11.6 Å². The third-order valence-corrected chi connectivity index (χ3v) is 4.50. The average molecular weight is 395 g/mol. The van der Waals surface area contributed by atoms with Gasteiger partial charge < -0.3 is 0 Å². The van der Waals surface area contributed by atoms with Crippen molar-refractivity contribution >= 4 is 28.2 Å². The topological polar surface area (TPSA) is 24.7 Å². The van der Waals surface area contributed by atoms with Crippen LogP contribution in [0.25, 0.3) is 0 Å². The molecular weight excluding hydrogens is 366 g/mol. The Kier molecular flexibility index (Phi) is 9.57. The smallest absolute Gasteiger partial charge is 0.160 e. The quantitative estimate of drug-likeness (QED) is 0.457. The Bertz CT molecular complexity index is 773. The van der Waals surface area contributed by atoms with E-state index in [9.17, 15) is 8.78 Å². The molecule has 0 aromatic heterocycles. The van der Waals surface area contributed by atoms with Crippen LogP contribution in [0.4, 0.5) is 14.5 Å². The lowest BCUT2D eigenvalue weighted by atomic mass is 10.1. The van der Waals surface area contributed by atoms with Crippen LogP contribution in [0.15, 0.2) is 45.5 Å². The molecule has 0 N–H and O–H groups in total. The van der Waals surface area contributed by atoms with Crippen molar-refractivity contribution in [3.8, 4) is 0 Å². The number of hydrogen-bond donors (Lipinski definition) is 0. The van der Waals surface area contributed by atoms with Gasteiger partial charge in [-0.1, -0.05) is 50.4 Å². The summed E-state index contributed by atoms with van der Waals surface area (Å²) in [6.07, 6.45) is 7.21. The molecule has 0 radical (unpaired) electrons. The fraction of sp³-hybridized carbons (Fsp3) is 0.455. The van der Waals surface area contributed by atoms with Crippen molar-refractivity contribution in [2.75, 3.05) is 0 Å². The second-order valence-corrected chi connectivity index (χ2v) is 7.04. The van der Waals surface area contributed by atoms with Crippen molar-refractivity contribution < 1.29 is 8.78 Å². The van der Waals surface area contributed by atoms with Gasteiger partial charge in [0.05, 0.1) is 11.4 Å². The van der Waals surface area contributed by atoms with Gasteiger partial charge in [0, 0.05) is 17.3 Å². The van der Waals surface area contributed by atoms with E-state index in [2.05, 4.69) is 16.9 Å². The number of aryl methyl sites for hydroxylation is 1. The van der Waals surface area contributed by atoms with Crippen molar-refractivity contribution in [1.82, 2.24) is 0 Å². The van der Waals surface area contributed by atoms with Gasteiger partial charge in [-0.2, -0.15) is 0 Å². The second-order valence-electron chi connectivity index (χ2n) is 6.68. The highest BCUT2D eigenvalue weighted by molar-refractivity contribution is 6.72. The first kappa shape index (κ1) is 23.2. The second kappa shape index (κ2) is 11.1. The minimum Gasteiger partial charge on any atom is -0.252 e. The molecule has 0 aliphatic heterocycles. The SMILES string of the molecule is CC1CC1.C\C=C(C)/N=C(Cl)/C(=C\C)C(CC)=Nc1cc(F)c(F)cc1C. The molecule has 0 saturated heterocycles. The summed E-state index contributed by atoms with van der Waals surface area (Å²) in [6.45, 7) is 11.4. The van der Waals surface area contributed by atoms with Crippen LogP contribution in [0.2, 0.25) is 0 Å². The monoisotopic (exact) mass is 394 g/mol. The van der Waals surface area contributed by atoms with Crippen LogP contribution in [-0.4, -0.2) is 10.9 Å². The largest absolute Gasteiger partial charge is 0.252 e. The van der Waals surface area contributed by atoms with Crippen molar-refractivity contribution in [3.63, 3.8) is 0 Å². The normalized spacial score (nSPS) is 16.2. The third-order valence-electron chi connectivity index (χ3n) is 4.21. The van der Waals surface area contributed by atoms with E-state index in [0.717, 1.165) is 23.7 Å². The summed E-state index contributed by atoms with van der Waals surface area (Å²) < 4.78 is 26.7. The van der Waals surface area contributed by atoms with Gasteiger partial charge in [-0.05, 0) is 51.7 Å². The van der Waals surface area contributed by atoms with Crippen LogP contribution >= 0.6 is 11.6 Å². The maximum atomic E-state index is 13.5. The van der Waals surface area contributed by atoms with Crippen LogP contribution in [-0.2, 0) is 0 Å². The number of nitrogens with zero attached hydrogens (tertiary/aromatic N) is 2. The molecule has 2 nitrogen and oxygen atoms in total. The van der Waals surface area contributed by atoms with Crippen molar-refractivity contribution in [3.05, 3.63) is 52.8 Å². The Morgan fingerprint density at radius 2 is 1.74 bits per heavy atom. The van der Waals surface area contributed by atoms with Crippen LogP contribution in [0.3, 0.4) is 0 Å². The van der Waals surface area contributed by atoms with Crippen LogP contribution in [0, 0.1) is 24.5 Å². The van der Waals surface area contributed by atoms with Crippen molar-refractivity contribution in [2.45, 2.75) is 60.8 Å². The summed E-state index contributed by atoms with van der Waals surface area (Å²) in [5.41, 5.74) is 3.07. The van der Waals surface area contributed by atoms with E-state index < -0.39 is 11.6 Å². The van der Waals surface area contributed by atoms with Crippen LogP contribution in [0.1, 0.15) is 59.4 Å². The highest BCUT2D eigenvalue weighted by Gasteiger charge is 2.13. The number of aliphatic imine (C=N–C) groups is 2. The van der Waals surface area contributed by atoms with E-state index in [1.807, 2.05) is 39.8 Å². The van der Waals surface area contributed by atoms with Gasteiger partial charge >= 0.3 is 0 Å². The first-order valence-electron chi connectivity index (χ1n) is 9.30. The molecule has 1 saturated carbocycles. The van der Waals surface area contributed by atoms with Gasteiger partial charge in [0.1, 0.15) is 5.17 Å². The highest BCUT2D eigenvalue weighted by Crippen LogP contribution is 2.26. The minimum atomic E-state index is -0.920. The Morgan fingerprint density at radius 3 is 2.19 bits per heavy atom. The Balaban J connectivity index is 0.000000800. The van der Waals surface area contributed by atoms with Crippen LogP contribution in [0.5, 0.6) is 0 Å². The predicted octanol–water partition coefficient (Wildman–Crippen LogP) is 7.68. The molecule has 1 fully saturated rings. The number of rotatable bonds is 5. The Labute approximate surface area is 166 Å². The number of hydrogen-bond acceptors (Lipinski definition) is 2. The fourth-order valence-corrected chi connectivity index (χ4v) is 2.43. The standard InChI is InChI=1S/C18H21ClF2N2.C4H8/c1-6-12(5)22-18(19)13(7-2)16(8-3)23-17-10-15(21)14(20)9-11(17)4;1-4-2-3-4/h6-7,9-10H,8H2,1-5H3;4H,2-3H2,1H3/b12-6-,13-7-,22-18-,23-16?;. The third kappa shape index (κ3) is 7.76. The van der Waals surface area contributed by atoms with Crippen molar-refractivity contribution in [1.29, 1.82) is 0 Å². The molecule has 0 heterocycles. The molecule has 0 unspecified atom stereocenters. The molecule has 5 heteroatoms. The zero-order chi connectivity index (χ0) is 20.6. The molecule has 0 spiro atoms. The van der Waals surface area contributed by atoms with E-state index in [1.165, 1.54) is 12.8 Å². The molecule has 1 aliphatic carbocycles.